The summed E-state index contributed by atoms with van der Waals surface area (Å²) in [6.45, 7) is 2.09. The fraction of sp³-hybridized carbons (Fsp3) is 0.545. The number of anilines is 1. The lowest BCUT2D eigenvalue weighted by Crippen LogP contribution is -2.21. The van der Waals surface area contributed by atoms with Crippen molar-refractivity contribution in [3.05, 3.63) is 21.8 Å². The number of pyridine rings is 1. The Hall–Kier alpha value is 0.01000. The van der Waals surface area contributed by atoms with E-state index in [1.54, 1.807) is 6.20 Å². The monoisotopic (exact) mass is 322 g/mol. The second-order valence-corrected chi connectivity index (χ2v) is 5.71. The number of hydrogen-bond donors (Lipinski definition) is 0. The standard InChI is InChI=1S/C11H13BrCl2N2/c12-10-5-9(14)6-15-11(10)16-4-2-8(7-16)1-3-13/h5-6,8H,1-4,7H2. The first kappa shape index (κ1) is 12.5. The highest BCUT2D eigenvalue weighted by Gasteiger charge is 2.24. The van der Waals surface area contributed by atoms with Crippen LogP contribution >= 0.6 is 39.1 Å². The van der Waals surface area contributed by atoms with E-state index in [1.807, 2.05) is 6.07 Å². The predicted octanol–water partition coefficient (Wildman–Crippen LogP) is 3.95. The molecule has 0 aliphatic carbocycles. The molecule has 0 aromatic carbocycles. The van der Waals surface area contributed by atoms with Crippen molar-refractivity contribution in [2.24, 2.45) is 5.92 Å². The molecule has 1 aliphatic heterocycles. The van der Waals surface area contributed by atoms with Crippen LogP contribution in [0.2, 0.25) is 5.02 Å². The molecule has 2 nitrogen and oxygen atoms in total. The van der Waals surface area contributed by atoms with Crippen LogP contribution in [0.25, 0.3) is 0 Å². The minimum atomic E-state index is 0.659. The summed E-state index contributed by atoms with van der Waals surface area (Å²) in [5.41, 5.74) is 0. The van der Waals surface area contributed by atoms with Gasteiger partial charge in [-0.25, -0.2) is 4.98 Å². The Balaban J connectivity index is 2.08. The van der Waals surface area contributed by atoms with Gasteiger partial charge in [-0.05, 0) is 40.8 Å². The average molecular weight is 324 g/mol. The van der Waals surface area contributed by atoms with Crippen molar-refractivity contribution in [1.82, 2.24) is 4.98 Å². The molecule has 1 aromatic heterocycles. The molecular weight excluding hydrogens is 311 g/mol. The Morgan fingerprint density at radius 3 is 3.06 bits per heavy atom. The molecule has 1 fully saturated rings. The maximum Gasteiger partial charge on any atom is 0.142 e. The molecule has 0 bridgehead atoms. The summed E-state index contributed by atoms with van der Waals surface area (Å²) in [7, 11) is 0. The van der Waals surface area contributed by atoms with Crippen molar-refractivity contribution in [2.45, 2.75) is 12.8 Å². The molecule has 1 aliphatic rings. The third kappa shape index (κ3) is 2.82. The van der Waals surface area contributed by atoms with Gasteiger partial charge in [-0.3, -0.25) is 0 Å². The summed E-state index contributed by atoms with van der Waals surface area (Å²) < 4.78 is 0.964. The summed E-state index contributed by atoms with van der Waals surface area (Å²) in [6.07, 6.45) is 3.98. The van der Waals surface area contributed by atoms with E-state index in [0.717, 1.165) is 35.7 Å². The Morgan fingerprint density at radius 1 is 1.56 bits per heavy atom. The zero-order chi connectivity index (χ0) is 11.5. The van der Waals surface area contributed by atoms with Crippen LogP contribution in [0.15, 0.2) is 16.7 Å². The van der Waals surface area contributed by atoms with Crippen molar-refractivity contribution >= 4 is 44.9 Å². The van der Waals surface area contributed by atoms with E-state index in [4.69, 9.17) is 23.2 Å². The molecule has 0 N–H and O–H groups in total. The van der Waals surface area contributed by atoms with E-state index in [1.165, 1.54) is 6.42 Å². The highest BCUT2D eigenvalue weighted by atomic mass is 79.9. The summed E-state index contributed by atoms with van der Waals surface area (Å²) in [4.78, 5) is 6.66. The van der Waals surface area contributed by atoms with Gasteiger partial charge in [0.15, 0.2) is 0 Å². The maximum atomic E-state index is 5.87. The minimum absolute atomic E-state index is 0.659. The van der Waals surface area contributed by atoms with E-state index in [2.05, 4.69) is 25.8 Å². The Bertz CT molecular complexity index is 373. The van der Waals surface area contributed by atoms with E-state index >= 15 is 0 Å². The van der Waals surface area contributed by atoms with Gasteiger partial charge in [0.2, 0.25) is 0 Å². The van der Waals surface area contributed by atoms with Gasteiger partial charge in [-0.15, -0.1) is 11.6 Å². The molecule has 0 radical (unpaired) electrons. The van der Waals surface area contributed by atoms with E-state index in [0.29, 0.717) is 10.9 Å². The third-order valence-corrected chi connectivity index (χ3v) is 3.90. The molecule has 1 atom stereocenters. The Labute approximate surface area is 114 Å². The lowest BCUT2D eigenvalue weighted by Gasteiger charge is -2.18. The minimum Gasteiger partial charge on any atom is -0.355 e. The van der Waals surface area contributed by atoms with Gasteiger partial charge in [-0.1, -0.05) is 11.6 Å². The summed E-state index contributed by atoms with van der Waals surface area (Å²) in [5, 5.41) is 0.659. The first-order chi connectivity index (χ1) is 7.70. The van der Waals surface area contributed by atoms with Gasteiger partial charge in [0.25, 0.3) is 0 Å². The zero-order valence-electron chi connectivity index (χ0n) is 8.80. The first-order valence-corrected chi connectivity index (χ1v) is 7.03. The van der Waals surface area contributed by atoms with Crippen LogP contribution in [0.3, 0.4) is 0 Å². The number of alkyl halides is 1. The quantitative estimate of drug-likeness (QED) is 0.783. The van der Waals surface area contributed by atoms with Crippen LogP contribution in [0.5, 0.6) is 0 Å². The third-order valence-electron chi connectivity index (χ3n) is 2.89. The molecule has 1 saturated heterocycles. The van der Waals surface area contributed by atoms with Gasteiger partial charge in [0.1, 0.15) is 5.82 Å². The van der Waals surface area contributed by atoms with Crippen LogP contribution in [0, 0.1) is 5.92 Å². The fourth-order valence-electron chi connectivity index (χ4n) is 2.06. The summed E-state index contributed by atoms with van der Waals surface area (Å²) >= 11 is 15.1. The Kier molecular flexibility index (Phi) is 4.34. The fourth-order valence-corrected chi connectivity index (χ4v) is 3.25. The maximum absolute atomic E-state index is 5.87. The van der Waals surface area contributed by atoms with Crippen LogP contribution in [-0.4, -0.2) is 24.0 Å². The average Bonchev–Trinajstić information content (AvgIpc) is 2.67. The van der Waals surface area contributed by atoms with Crippen LogP contribution in [-0.2, 0) is 0 Å². The molecule has 1 unspecified atom stereocenters. The molecule has 0 amide bonds. The number of rotatable bonds is 3. The number of halogens is 3. The number of hydrogen-bond acceptors (Lipinski definition) is 2. The van der Waals surface area contributed by atoms with Gasteiger partial charge >= 0.3 is 0 Å². The van der Waals surface area contributed by atoms with E-state index < -0.39 is 0 Å². The van der Waals surface area contributed by atoms with Gasteiger partial charge in [-0.2, -0.15) is 0 Å². The molecule has 5 heteroatoms. The lowest BCUT2D eigenvalue weighted by molar-refractivity contribution is 0.572. The Morgan fingerprint density at radius 2 is 2.38 bits per heavy atom. The second-order valence-electron chi connectivity index (χ2n) is 4.04. The smallest absolute Gasteiger partial charge is 0.142 e. The van der Waals surface area contributed by atoms with Crippen LogP contribution in [0.4, 0.5) is 5.82 Å². The predicted molar refractivity (Wildman–Crippen MR) is 72.6 cm³/mol. The topological polar surface area (TPSA) is 16.1 Å². The molecule has 0 spiro atoms. The summed E-state index contributed by atoms with van der Waals surface area (Å²) in [5.74, 6) is 2.43. The zero-order valence-corrected chi connectivity index (χ0v) is 11.9. The van der Waals surface area contributed by atoms with Crippen molar-refractivity contribution < 1.29 is 0 Å². The van der Waals surface area contributed by atoms with Gasteiger partial charge in [0.05, 0.1) is 9.50 Å². The van der Waals surface area contributed by atoms with Gasteiger partial charge < -0.3 is 4.90 Å². The molecule has 16 heavy (non-hydrogen) atoms. The SMILES string of the molecule is ClCCC1CCN(c2ncc(Cl)cc2Br)C1. The molecule has 1 aromatic rings. The summed E-state index contributed by atoms with van der Waals surface area (Å²) in [6, 6.07) is 1.89. The molecule has 2 heterocycles. The highest BCUT2D eigenvalue weighted by Crippen LogP contribution is 2.31. The number of aromatic nitrogens is 1. The lowest BCUT2D eigenvalue weighted by atomic mass is 10.1. The largest absolute Gasteiger partial charge is 0.355 e. The van der Waals surface area contributed by atoms with Crippen molar-refractivity contribution in [3.8, 4) is 0 Å². The highest BCUT2D eigenvalue weighted by molar-refractivity contribution is 9.10. The van der Waals surface area contributed by atoms with Crippen molar-refractivity contribution in [1.29, 1.82) is 0 Å². The van der Waals surface area contributed by atoms with Gasteiger partial charge in [0, 0.05) is 25.2 Å². The van der Waals surface area contributed by atoms with Crippen molar-refractivity contribution in [2.75, 3.05) is 23.9 Å². The van der Waals surface area contributed by atoms with Crippen LogP contribution in [0.1, 0.15) is 12.8 Å². The normalized spacial score (nSPS) is 20.4. The molecule has 0 saturated carbocycles. The van der Waals surface area contributed by atoms with E-state index in [9.17, 15) is 0 Å². The molecular formula is C11H13BrCl2N2. The molecule has 88 valence electrons. The van der Waals surface area contributed by atoms with Crippen LogP contribution < -0.4 is 4.90 Å². The second kappa shape index (κ2) is 5.56. The van der Waals surface area contributed by atoms with E-state index in [-0.39, 0.29) is 0 Å². The number of nitrogens with zero attached hydrogens (tertiary/aromatic N) is 2. The molecule has 2 rings (SSSR count). The first-order valence-electron chi connectivity index (χ1n) is 5.32. The van der Waals surface area contributed by atoms with Crippen molar-refractivity contribution in [3.63, 3.8) is 0 Å².